The average Bonchev–Trinajstić information content (AvgIpc) is 2.77. The van der Waals surface area contributed by atoms with E-state index in [1.54, 1.807) is 0 Å². The zero-order chi connectivity index (χ0) is 21.3. The van der Waals surface area contributed by atoms with Gasteiger partial charge in [0.1, 0.15) is 19.1 Å². The van der Waals surface area contributed by atoms with Crippen LogP contribution in [0.25, 0.3) is 0 Å². The summed E-state index contributed by atoms with van der Waals surface area (Å²) in [4.78, 5) is 26.6. The zero-order valence-corrected chi connectivity index (χ0v) is 17.0. The number of aromatic amines is 1. The van der Waals surface area contributed by atoms with Crippen molar-refractivity contribution < 1.29 is 14.6 Å². The van der Waals surface area contributed by atoms with Crippen LogP contribution in [0.5, 0.6) is 5.75 Å². The van der Waals surface area contributed by atoms with E-state index in [1.165, 1.54) is 10.8 Å². The number of nitrogens with zero attached hydrogens (tertiary/aromatic N) is 1. The summed E-state index contributed by atoms with van der Waals surface area (Å²) in [6.45, 7) is 0.0602. The molecule has 3 aromatic rings. The molecule has 1 unspecified atom stereocenters. The number of aliphatic hydroxyl groups excluding tert-OH is 1. The summed E-state index contributed by atoms with van der Waals surface area (Å²) < 4.78 is 12.5. The molecule has 2 N–H and O–H groups in total. The first kappa shape index (κ1) is 21.8. The molecule has 0 amide bonds. The van der Waals surface area contributed by atoms with Crippen molar-refractivity contribution in [1.29, 1.82) is 0 Å². The van der Waals surface area contributed by atoms with Crippen molar-refractivity contribution in [3.63, 3.8) is 0 Å². The number of rotatable bonds is 10. The van der Waals surface area contributed by atoms with E-state index in [0.717, 1.165) is 11.1 Å². The molecule has 0 bridgehead atoms. The number of benzene rings is 2. The summed E-state index contributed by atoms with van der Waals surface area (Å²) in [5.74, 6) is 0.786. The smallest absolute Gasteiger partial charge is 0.330 e. The van der Waals surface area contributed by atoms with Gasteiger partial charge in [0.25, 0.3) is 5.56 Å². The third kappa shape index (κ3) is 6.06. The van der Waals surface area contributed by atoms with Gasteiger partial charge in [-0.2, -0.15) is 0 Å². The van der Waals surface area contributed by atoms with Gasteiger partial charge in [0.15, 0.2) is 0 Å². The SMILES string of the molecule is O=c1[nH]c(=O)n(COC(CO)CCl)cc1Cc1cccc(OCc2ccccc2)c1. The molecule has 0 spiro atoms. The van der Waals surface area contributed by atoms with E-state index < -0.39 is 17.4 Å². The van der Waals surface area contributed by atoms with Gasteiger partial charge in [0, 0.05) is 18.2 Å². The minimum Gasteiger partial charge on any atom is -0.489 e. The third-order valence-electron chi connectivity index (χ3n) is 4.45. The molecule has 1 aromatic heterocycles. The number of hydrogen-bond donors (Lipinski definition) is 2. The lowest BCUT2D eigenvalue weighted by molar-refractivity contribution is -0.0128. The Balaban J connectivity index is 1.71. The Morgan fingerprint density at radius 3 is 2.57 bits per heavy atom. The Kier molecular flexibility index (Phi) is 7.84. The Morgan fingerprint density at radius 1 is 1.07 bits per heavy atom. The van der Waals surface area contributed by atoms with Crippen molar-refractivity contribution in [1.82, 2.24) is 9.55 Å². The largest absolute Gasteiger partial charge is 0.489 e. The molecule has 1 atom stereocenters. The van der Waals surface area contributed by atoms with Gasteiger partial charge in [0.2, 0.25) is 0 Å². The van der Waals surface area contributed by atoms with Crippen molar-refractivity contribution in [3.05, 3.63) is 98.3 Å². The number of H-pyrrole nitrogens is 1. The zero-order valence-electron chi connectivity index (χ0n) is 16.3. The highest BCUT2D eigenvalue weighted by Gasteiger charge is 2.10. The lowest BCUT2D eigenvalue weighted by Crippen LogP contribution is -2.34. The first-order chi connectivity index (χ1) is 14.6. The van der Waals surface area contributed by atoms with E-state index in [4.69, 9.17) is 26.2 Å². The van der Waals surface area contributed by atoms with Crippen molar-refractivity contribution in [2.45, 2.75) is 25.9 Å². The van der Waals surface area contributed by atoms with Crippen molar-refractivity contribution in [2.75, 3.05) is 12.5 Å². The van der Waals surface area contributed by atoms with Crippen LogP contribution in [0, 0.1) is 0 Å². The van der Waals surface area contributed by atoms with Gasteiger partial charge in [0.05, 0.1) is 18.6 Å². The molecule has 0 radical (unpaired) electrons. The van der Waals surface area contributed by atoms with Crippen LogP contribution in [-0.4, -0.2) is 33.2 Å². The molecular weight excluding hydrogens is 408 g/mol. The molecule has 158 valence electrons. The van der Waals surface area contributed by atoms with E-state index in [9.17, 15) is 9.59 Å². The molecule has 0 saturated carbocycles. The number of hydrogen-bond acceptors (Lipinski definition) is 5. The van der Waals surface area contributed by atoms with Crippen LogP contribution in [0.1, 0.15) is 16.7 Å². The van der Waals surface area contributed by atoms with E-state index >= 15 is 0 Å². The summed E-state index contributed by atoms with van der Waals surface area (Å²) in [6, 6.07) is 17.3. The molecule has 1 heterocycles. The Bertz CT molecular complexity index is 1060. The molecule has 8 heteroatoms. The van der Waals surface area contributed by atoms with Crippen LogP contribution in [-0.2, 0) is 24.5 Å². The lowest BCUT2D eigenvalue weighted by Gasteiger charge is -2.14. The van der Waals surface area contributed by atoms with Crippen LogP contribution >= 0.6 is 11.6 Å². The second kappa shape index (κ2) is 10.8. The van der Waals surface area contributed by atoms with Crippen LogP contribution in [0.15, 0.2) is 70.4 Å². The first-order valence-electron chi connectivity index (χ1n) is 9.45. The molecular formula is C22H23ClN2O5. The van der Waals surface area contributed by atoms with E-state index in [-0.39, 0.29) is 19.2 Å². The van der Waals surface area contributed by atoms with Crippen LogP contribution in [0.4, 0.5) is 0 Å². The molecule has 30 heavy (non-hydrogen) atoms. The van der Waals surface area contributed by atoms with Gasteiger partial charge < -0.3 is 14.6 Å². The molecule has 0 aliphatic carbocycles. The van der Waals surface area contributed by atoms with E-state index in [1.807, 2.05) is 54.6 Å². The average molecular weight is 431 g/mol. The normalized spacial score (nSPS) is 11.9. The second-order valence-electron chi connectivity index (χ2n) is 6.74. The van der Waals surface area contributed by atoms with Crippen molar-refractivity contribution >= 4 is 11.6 Å². The van der Waals surface area contributed by atoms with Gasteiger partial charge in [-0.05, 0) is 23.3 Å². The maximum Gasteiger partial charge on any atom is 0.330 e. The number of alkyl halides is 1. The monoisotopic (exact) mass is 430 g/mol. The van der Waals surface area contributed by atoms with Gasteiger partial charge in [-0.1, -0.05) is 42.5 Å². The Hall–Kier alpha value is -2.87. The Labute approximate surface area is 178 Å². The topological polar surface area (TPSA) is 93.6 Å². The maximum atomic E-state index is 12.2. The molecule has 3 rings (SSSR count). The molecule has 7 nitrogen and oxygen atoms in total. The fourth-order valence-corrected chi connectivity index (χ4v) is 3.00. The predicted molar refractivity (Wildman–Crippen MR) is 114 cm³/mol. The maximum absolute atomic E-state index is 12.2. The number of halogens is 1. The van der Waals surface area contributed by atoms with E-state index in [0.29, 0.717) is 24.3 Å². The summed E-state index contributed by atoms with van der Waals surface area (Å²) >= 11 is 5.68. The number of aromatic nitrogens is 2. The molecule has 0 aliphatic rings. The summed E-state index contributed by atoms with van der Waals surface area (Å²) in [5, 5.41) is 9.14. The van der Waals surface area contributed by atoms with Gasteiger partial charge >= 0.3 is 5.69 Å². The number of nitrogens with one attached hydrogen (secondary N) is 1. The standard InChI is InChI=1S/C22H23ClN2O5/c23-11-20(13-26)30-15-25-12-18(21(27)24-22(25)28)9-17-7-4-8-19(10-17)29-14-16-5-2-1-3-6-16/h1-8,10,12,20,26H,9,11,13-15H2,(H,24,27,28). The van der Waals surface area contributed by atoms with E-state index in [2.05, 4.69) is 4.98 Å². The first-order valence-corrected chi connectivity index (χ1v) is 9.99. The van der Waals surface area contributed by atoms with Crippen LogP contribution < -0.4 is 16.0 Å². The van der Waals surface area contributed by atoms with Gasteiger partial charge in [-0.3, -0.25) is 14.3 Å². The van der Waals surface area contributed by atoms with Crippen molar-refractivity contribution in [2.24, 2.45) is 0 Å². The summed E-state index contributed by atoms with van der Waals surface area (Å²) in [6.07, 6.45) is 1.19. The second-order valence-corrected chi connectivity index (χ2v) is 7.05. The van der Waals surface area contributed by atoms with Gasteiger partial charge in [-0.15, -0.1) is 11.6 Å². The fourth-order valence-electron chi connectivity index (χ4n) is 2.81. The lowest BCUT2D eigenvalue weighted by atomic mass is 10.1. The quantitative estimate of drug-likeness (QED) is 0.481. The fraction of sp³-hybridized carbons (Fsp3) is 0.273. The highest BCUT2D eigenvalue weighted by Crippen LogP contribution is 2.17. The van der Waals surface area contributed by atoms with Crippen molar-refractivity contribution in [3.8, 4) is 5.75 Å². The number of aliphatic hydroxyl groups is 1. The van der Waals surface area contributed by atoms with Gasteiger partial charge in [-0.25, -0.2) is 4.79 Å². The minimum atomic E-state index is -0.590. The molecule has 0 aliphatic heterocycles. The minimum absolute atomic E-state index is 0.0945. The summed E-state index contributed by atoms with van der Waals surface area (Å²) in [7, 11) is 0. The molecule has 0 fully saturated rings. The highest BCUT2D eigenvalue weighted by atomic mass is 35.5. The molecule has 0 saturated heterocycles. The highest BCUT2D eigenvalue weighted by molar-refractivity contribution is 6.18. The summed E-state index contributed by atoms with van der Waals surface area (Å²) in [5.41, 5.74) is 1.29. The third-order valence-corrected chi connectivity index (χ3v) is 4.80. The Morgan fingerprint density at radius 2 is 1.83 bits per heavy atom. The predicted octanol–water partition coefficient (Wildman–Crippen LogP) is 2.28. The van der Waals surface area contributed by atoms with Crippen LogP contribution in [0.3, 0.4) is 0 Å². The molecule has 2 aromatic carbocycles. The van der Waals surface area contributed by atoms with Crippen LogP contribution in [0.2, 0.25) is 0 Å². The number of ether oxygens (including phenoxy) is 2.